The van der Waals surface area contributed by atoms with Crippen LogP contribution in [-0.2, 0) is 46.0 Å². The van der Waals surface area contributed by atoms with Crippen molar-refractivity contribution in [2.45, 2.75) is 29.1 Å². The molecule has 0 aromatic heterocycles. The first-order chi connectivity index (χ1) is 10.0. The summed E-state index contributed by atoms with van der Waals surface area (Å²) in [5, 5.41) is 30.8. The molecule has 0 aliphatic carbocycles. The summed E-state index contributed by atoms with van der Waals surface area (Å²) >= 11 is 0. The molecule has 5 N–H and O–H groups in total. The van der Waals surface area contributed by atoms with Gasteiger partial charge < -0.3 is 15.3 Å². The summed E-state index contributed by atoms with van der Waals surface area (Å²) in [5.74, 6) is -12.0. The number of aliphatic hydroxyl groups is 3. The molecular formula is C6H7NO13P2. The Balaban J connectivity index is 1.87. The molecule has 5 rings (SSSR count). The van der Waals surface area contributed by atoms with Gasteiger partial charge in [-0.1, -0.05) is 0 Å². The van der Waals surface area contributed by atoms with Crippen LogP contribution in [0.1, 0.15) is 0 Å². The fraction of sp³-hybridized carbons (Fsp3) is 1.00. The Morgan fingerprint density at radius 1 is 0.955 bits per heavy atom. The maximum atomic E-state index is 12.2. The number of phosphoric acid groups is 2. The summed E-state index contributed by atoms with van der Waals surface area (Å²) in [6, 6.07) is 0. The molecule has 16 heteroatoms. The highest BCUT2D eigenvalue weighted by atomic mass is 31.2. The fourth-order valence-corrected chi connectivity index (χ4v) is 6.15. The van der Waals surface area contributed by atoms with Gasteiger partial charge in [0, 0.05) is 0 Å². The average molecular weight is 363 g/mol. The van der Waals surface area contributed by atoms with Crippen molar-refractivity contribution >= 4 is 15.6 Å². The van der Waals surface area contributed by atoms with Crippen molar-refractivity contribution in [3.8, 4) is 0 Å². The highest BCUT2D eigenvalue weighted by molar-refractivity contribution is 7.49. The van der Waals surface area contributed by atoms with Crippen LogP contribution >= 0.6 is 15.6 Å². The molecule has 124 valence electrons. The molecule has 0 aromatic rings. The highest BCUT2D eigenvalue weighted by Crippen LogP contribution is 2.84. The Kier molecular flexibility index (Phi) is 2.10. The third kappa shape index (κ3) is 1.07. The molecule has 14 nitrogen and oxygen atoms in total. The Morgan fingerprint density at radius 3 is 2.27 bits per heavy atom. The van der Waals surface area contributed by atoms with Crippen molar-refractivity contribution in [3.05, 3.63) is 0 Å². The second kappa shape index (κ2) is 3.22. The number of fused-ring (bicyclic) bond motifs is 3. The Hall–Kier alpha value is -0.0200. The Labute approximate surface area is 119 Å². The molecule has 0 radical (unpaired) electrons. The molecule has 0 amide bonds. The van der Waals surface area contributed by atoms with Crippen molar-refractivity contribution in [2.24, 2.45) is 5.73 Å². The molecule has 3 unspecified atom stereocenters. The van der Waals surface area contributed by atoms with Crippen LogP contribution in [0.2, 0.25) is 0 Å². The Morgan fingerprint density at radius 2 is 1.64 bits per heavy atom. The molecular weight excluding hydrogens is 356 g/mol. The average Bonchev–Trinajstić information content (AvgIpc) is 2.80. The summed E-state index contributed by atoms with van der Waals surface area (Å²) in [7, 11) is -9.26. The number of aliphatic hydroxyl groups excluding tert-OH is 1. The smallest absolute Gasteiger partial charge is 0.391 e. The van der Waals surface area contributed by atoms with Gasteiger partial charge in [0.1, 0.15) is 6.61 Å². The maximum absolute atomic E-state index is 12.2. The van der Waals surface area contributed by atoms with E-state index in [1.54, 1.807) is 0 Å². The quantitative estimate of drug-likeness (QED) is 0.286. The van der Waals surface area contributed by atoms with Crippen molar-refractivity contribution in [3.63, 3.8) is 0 Å². The van der Waals surface area contributed by atoms with E-state index < -0.39 is 51.3 Å². The third-order valence-corrected chi connectivity index (χ3v) is 6.64. The first-order valence-electron chi connectivity index (χ1n) is 5.67. The minimum Gasteiger partial charge on any atom is -0.391 e. The zero-order valence-electron chi connectivity index (χ0n) is 10.1. The molecule has 5 fully saturated rings. The zero-order valence-corrected chi connectivity index (χ0v) is 11.9. The minimum absolute atomic E-state index is 1.24. The standard InChI is InChI=1S/C6H7NO13P2/c7-3-5(10)4(9)2(1-8)13-6(3,19-21(11,16-3)18-5)14-20-22(12,15-2)17-4/h8-10H,1,7H2/t2-,3-,4+,5-,6?,21?,22?/m1/s1. The summed E-state index contributed by atoms with van der Waals surface area (Å²) in [5.41, 5.74) is 2.96. The lowest BCUT2D eigenvalue weighted by Crippen LogP contribution is -2.89. The first-order valence-corrected chi connectivity index (χ1v) is 8.59. The SMILES string of the molecule is N[C@]12OP3(=O)OC14OOP1(=O)O[C@@](CO)(O4)[C@](O)(O1)[C@]2(O)O3. The number of rotatable bonds is 1. The van der Waals surface area contributed by atoms with Crippen LogP contribution in [-0.4, -0.2) is 51.0 Å². The van der Waals surface area contributed by atoms with Crippen molar-refractivity contribution in [1.82, 2.24) is 0 Å². The van der Waals surface area contributed by atoms with E-state index in [1.807, 2.05) is 0 Å². The number of hydrogen-bond acceptors (Lipinski definition) is 14. The molecule has 0 aromatic carbocycles. The molecule has 5 bridgehead atoms. The van der Waals surface area contributed by atoms with Gasteiger partial charge >= 0.3 is 21.6 Å². The largest absolute Gasteiger partial charge is 0.508 e. The number of nitrogens with two attached hydrogens (primary N) is 1. The molecule has 5 saturated heterocycles. The van der Waals surface area contributed by atoms with E-state index in [0.29, 0.717) is 0 Å². The fourth-order valence-electron chi connectivity index (χ4n) is 2.92. The maximum Gasteiger partial charge on any atom is 0.508 e. The van der Waals surface area contributed by atoms with Crippen molar-refractivity contribution in [2.75, 3.05) is 6.61 Å². The lowest BCUT2D eigenvalue weighted by molar-refractivity contribution is -0.604. The predicted octanol–water partition coefficient (Wildman–Crippen LogP) is -2.31. The van der Waals surface area contributed by atoms with Crippen molar-refractivity contribution in [1.29, 1.82) is 0 Å². The van der Waals surface area contributed by atoms with E-state index in [4.69, 9.17) is 24.0 Å². The van der Waals surface area contributed by atoms with Gasteiger partial charge in [0.25, 0.3) is 23.1 Å². The van der Waals surface area contributed by atoms with Gasteiger partial charge in [-0.2, -0.15) is 4.89 Å². The van der Waals surface area contributed by atoms with Gasteiger partial charge in [0.05, 0.1) is 0 Å². The lowest BCUT2D eigenvalue weighted by Gasteiger charge is -2.57. The molecule has 22 heavy (non-hydrogen) atoms. The van der Waals surface area contributed by atoms with E-state index >= 15 is 0 Å². The van der Waals surface area contributed by atoms with Crippen LogP contribution in [0.15, 0.2) is 0 Å². The van der Waals surface area contributed by atoms with Gasteiger partial charge in [-0.25, -0.2) is 31.7 Å². The molecule has 0 saturated carbocycles. The van der Waals surface area contributed by atoms with E-state index in [9.17, 15) is 24.4 Å². The van der Waals surface area contributed by atoms with E-state index in [1.165, 1.54) is 0 Å². The molecule has 1 spiro atoms. The Bertz CT molecular complexity index is 713. The zero-order chi connectivity index (χ0) is 15.9. The van der Waals surface area contributed by atoms with Crippen molar-refractivity contribution < 1.29 is 61.4 Å². The number of hydrogen-bond donors (Lipinski definition) is 4. The van der Waals surface area contributed by atoms with Crippen LogP contribution < -0.4 is 5.73 Å². The molecule has 5 heterocycles. The molecule has 5 aliphatic heterocycles. The summed E-state index contributed by atoms with van der Waals surface area (Å²) in [6.45, 7) is -1.24. The summed E-state index contributed by atoms with van der Waals surface area (Å²) < 4.78 is 57.5. The second-order valence-corrected chi connectivity index (χ2v) is 7.95. The van der Waals surface area contributed by atoms with Gasteiger partial charge in [0.15, 0.2) is 0 Å². The topological polar surface area (TPSA) is 195 Å². The minimum atomic E-state index is -4.69. The highest BCUT2D eigenvalue weighted by Gasteiger charge is 3.01. The molecule has 7 atom stereocenters. The lowest BCUT2D eigenvalue weighted by atomic mass is 9.83. The van der Waals surface area contributed by atoms with Crippen LogP contribution in [0.25, 0.3) is 0 Å². The van der Waals surface area contributed by atoms with Crippen LogP contribution in [0, 0.1) is 0 Å². The van der Waals surface area contributed by atoms with Crippen LogP contribution in [0.5, 0.6) is 0 Å². The van der Waals surface area contributed by atoms with E-state index in [-0.39, 0.29) is 0 Å². The van der Waals surface area contributed by atoms with Crippen LogP contribution in [0.4, 0.5) is 0 Å². The van der Waals surface area contributed by atoms with Gasteiger partial charge in [-0.05, 0) is 0 Å². The van der Waals surface area contributed by atoms with Gasteiger partial charge in [-0.15, -0.1) is 4.67 Å². The number of phosphoric ester groups is 2. The monoisotopic (exact) mass is 363 g/mol. The molecule has 5 aliphatic rings. The predicted molar refractivity (Wildman–Crippen MR) is 53.3 cm³/mol. The summed E-state index contributed by atoms with van der Waals surface area (Å²) in [4.78, 5) is 4.60. The van der Waals surface area contributed by atoms with E-state index in [0.717, 1.165) is 0 Å². The third-order valence-electron chi connectivity index (χ3n) is 3.91. The second-order valence-electron chi connectivity index (χ2n) is 5.10. The van der Waals surface area contributed by atoms with Crippen LogP contribution in [0.3, 0.4) is 0 Å². The van der Waals surface area contributed by atoms with Gasteiger partial charge in [-0.3, -0.25) is 10.5 Å². The van der Waals surface area contributed by atoms with Gasteiger partial charge in [0.2, 0.25) is 0 Å². The normalized spacial score (nSPS) is 71.1. The number of ether oxygens (including phenoxy) is 1. The summed E-state index contributed by atoms with van der Waals surface area (Å²) in [6.07, 6.45) is 0. The van der Waals surface area contributed by atoms with E-state index in [2.05, 4.69) is 18.6 Å². The first kappa shape index (κ1) is 14.3.